The van der Waals surface area contributed by atoms with Gasteiger partial charge in [-0.3, -0.25) is 4.21 Å². The van der Waals surface area contributed by atoms with Crippen LogP contribution in [0.5, 0.6) is 0 Å². The monoisotopic (exact) mass is 253 g/mol. The van der Waals surface area contributed by atoms with Crippen molar-refractivity contribution in [1.29, 1.82) is 0 Å². The normalized spacial score (nSPS) is 26.8. The fraction of sp³-hybridized carbons (Fsp3) is 0.538. The first-order valence-corrected chi connectivity index (χ1v) is 7.12. The Balaban J connectivity index is 2.21. The van der Waals surface area contributed by atoms with Crippen LogP contribution in [0.15, 0.2) is 23.1 Å². The molecule has 0 amide bonds. The van der Waals surface area contributed by atoms with E-state index < -0.39 is 10.8 Å². The van der Waals surface area contributed by atoms with Gasteiger partial charge in [0.1, 0.15) is 0 Å². The summed E-state index contributed by atoms with van der Waals surface area (Å²) in [5, 5.41) is -0.0779. The Morgan fingerprint density at radius 3 is 2.76 bits per heavy atom. The Bertz CT molecular complexity index is 433. The molecule has 1 heterocycles. The highest BCUT2D eigenvalue weighted by Crippen LogP contribution is 2.20. The number of benzene rings is 1. The van der Waals surface area contributed by atoms with Crippen molar-refractivity contribution in [3.63, 3.8) is 0 Å². The van der Waals surface area contributed by atoms with Crippen LogP contribution < -0.4 is 5.73 Å². The molecule has 0 radical (unpaired) electrons. The van der Waals surface area contributed by atoms with E-state index in [0.29, 0.717) is 13.2 Å². The molecule has 2 N–H and O–H groups in total. The van der Waals surface area contributed by atoms with Gasteiger partial charge in [0.2, 0.25) is 0 Å². The molecule has 3 unspecified atom stereocenters. The summed E-state index contributed by atoms with van der Waals surface area (Å²) in [5.41, 5.74) is 8.40. The Morgan fingerprint density at radius 1 is 1.35 bits per heavy atom. The lowest BCUT2D eigenvalue weighted by Gasteiger charge is -2.28. The summed E-state index contributed by atoms with van der Waals surface area (Å²) in [6, 6.07) is 5.91. The van der Waals surface area contributed by atoms with Crippen molar-refractivity contribution in [2.75, 3.05) is 13.2 Å². The van der Waals surface area contributed by atoms with E-state index in [1.165, 1.54) is 11.1 Å². The topological polar surface area (TPSA) is 52.3 Å². The quantitative estimate of drug-likeness (QED) is 0.869. The van der Waals surface area contributed by atoms with E-state index in [1.54, 1.807) is 0 Å². The van der Waals surface area contributed by atoms with Crippen molar-refractivity contribution < 1.29 is 8.95 Å². The molecule has 1 fully saturated rings. The standard InChI is InChI=1S/C13H19NO2S/c1-9-3-4-11(7-10(9)2)17(15)13-8-16-6-5-12(13)14/h3-4,7,12-13H,5-6,8,14H2,1-2H3. The first-order valence-electron chi connectivity index (χ1n) is 5.91. The lowest BCUT2D eigenvalue weighted by molar-refractivity contribution is 0.0904. The summed E-state index contributed by atoms with van der Waals surface area (Å²) in [7, 11) is -1.07. The molecule has 0 bridgehead atoms. The van der Waals surface area contributed by atoms with Crippen molar-refractivity contribution in [2.24, 2.45) is 5.73 Å². The molecule has 0 saturated carbocycles. The maximum absolute atomic E-state index is 12.4. The van der Waals surface area contributed by atoms with Gasteiger partial charge >= 0.3 is 0 Å². The summed E-state index contributed by atoms with van der Waals surface area (Å²) in [4.78, 5) is 0.860. The van der Waals surface area contributed by atoms with Gasteiger partial charge in [-0.2, -0.15) is 0 Å². The summed E-state index contributed by atoms with van der Waals surface area (Å²) < 4.78 is 17.8. The van der Waals surface area contributed by atoms with Gasteiger partial charge in [-0.05, 0) is 43.5 Å². The average molecular weight is 253 g/mol. The third kappa shape index (κ3) is 2.76. The Kier molecular flexibility index (Phi) is 3.97. The number of aryl methyl sites for hydroxylation is 2. The van der Waals surface area contributed by atoms with E-state index in [9.17, 15) is 4.21 Å². The van der Waals surface area contributed by atoms with Crippen LogP contribution in [0.4, 0.5) is 0 Å². The smallest absolute Gasteiger partial charge is 0.0779 e. The average Bonchev–Trinajstić information content (AvgIpc) is 2.32. The number of hydrogen-bond acceptors (Lipinski definition) is 3. The number of hydrogen-bond donors (Lipinski definition) is 1. The molecule has 4 heteroatoms. The fourth-order valence-corrected chi connectivity index (χ4v) is 3.48. The van der Waals surface area contributed by atoms with E-state index in [1.807, 2.05) is 25.1 Å². The Hall–Kier alpha value is -0.710. The van der Waals surface area contributed by atoms with Gasteiger partial charge in [-0.15, -0.1) is 0 Å². The third-order valence-electron chi connectivity index (χ3n) is 3.34. The molecule has 1 aliphatic rings. The third-order valence-corrected chi connectivity index (χ3v) is 5.09. The molecule has 1 aromatic carbocycles. The molecule has 2 rings (SSSR count). The zero-order valence-electron chi connectivity index (χ0n) is 10.3. The maximum Gasteiger partial charge on any atom is 0.0779 e. The minimum atomic E-state index is -1.07. The summed E-state index contributed by atoms with van der Waals surface area (Å²) in [6.45, 7) is 5.27. The molecule has 1 aromatic rings. The van der Waals surface area contributed by atoms with Gasteiger partial charge in [0.15, 0.2) is 0 Å². The molecule has 1 aliphatic heterocycles. The number of nitrogens with two attached hydrogens (primary N) is 1. The molecule has 3 nitrogen and oxygen atoms in total. The second kappa shape index (κ2) is 5.29. The SMILES string of the molecule is Cc1ccc(S(=O)C2COCCC2N)cc1C. The molecular weight excluding hydrogens is 234 g/mol. The van der Waals surface area contributed by atoms with Gasteiger partial charge in [0.25, 0.3) is 0 Å². The van der Waals surface area contributed by atoms with Gasteiger partial charge in [0.05, 0.1) is 22.7 Å². The second-order valence-corrected chi connectivity index (χ2v) is 6.28. The largest absolute Gasteiger partial charge is 0.380 e. The Labute approximate surface area is 105 Å². The van der Waals surface area contributed by atoms with Crippen LogP contribution >= 0.6 is 0 Å². The van der Waals surface area contributed by atoms with Crippen molar-refractivity contribution in [3.8, 4) is 0 Å². The lowest BCUT2D eigenvalue weighted by Crippen LogP contribution is -2.45. The van der Waals surface area contributed by atoms with Crippen LogP contribution in [0.3, 0.4) is 0 Å². The minimum Gasteiger partial charge on any atom is -0.380 e. The first-order chi connectivity index (χ1) is 8.09. The van der Waals surface area contributed by atoms with E-state index in [-0.39, 0.29) is 11.3 Å². The van der Waals surface area contributed by atoms with Crippen LogP contribution in [0.1, 0.15) is 17.5 Å². The predicted molar refractivity (Wildman–Crippen MR) is 69.5 cm³/mol. The van der Waals surface area contributed by atoms with Crippen LogP contribution in [0.2, 0.25) is 0 Å². The van der Waals surface area contributed by atoms with Crippen molar-refractivity contribution >= 4 is 10.8 Å². The number of ether oxygens (including phenoxy) is 1. The van der Waals surface area contributed by atoms with Gasteiger partial charge in [0, 0.05) is 17.5 Å². The molecule has 3 atom stereocenters. The number of rotatable bonds is 2. The highest BCUT2D eigenvalue weighted by molar-refractivity contribution is 7.85. The highest BCUT2D eigenvalue weighted by atomic mass is 32.2. The van der Waals surface area contributed by atoms with Crippen molar-refractivity contribution in [3.05, 3.63) is 29.3 Å². The van der Waals surface area contributed by atoms with E-state index in [0.717, 1.165) is 11.3 Å². The summed E-state index contributed by atoms with van der Waals surface area (Å²) >= 11 is 0. The van der Waals surface area contributed by atoms with Crippen LogP contribution in [0.25, 0.3) is 0 Å². The summed E-state index contributed by atoms with van der Waals surface area (Å²) in [5.74, 6) is 0. The van der Waals surface area contributed by atoms with Gasteiger partial charge in [-0.1, -0.05) is 6.07 Å². The van der Waals surface area contributed by atoms with Gasteiger partial charge in [-0.25, -0.2) is 0 Å². The summed E-state index contributed by atoms with van der Waals surface area (Å²) in [6.07, 6.45) is 0.793. The minimum absolute atomic E-state index is 0.0220. The molecule has 94 valence electrons. The first kappa shape index (κ1) is 12.7. The molecule has 0 spiro atoms. The second-order valence-electron chi connectivity index (χ2n) is 4.61. The van der Waals surface area contributed by atoms with Crippen molar-refractivity contribution in [2.45, 2.75) is 36.5 Å². The lowest BCUT2D eigenvalue weighted by atomic mass is 10.1. The van der Waals surface area contributed by atoms with Crippen LogP contribution in [-0.2, 0) is 15.5 Å². The molecule has 0 aromatic heterocycles. The molecular formula is C13H19NO2S. The van der Waals surface area contributed by atoms with E-state index in [2.05, 4.69) is 6.92 Å². The predicted octanol–water partition coefficient (Wildman–Crippen LogP) is 1.53. The van der Waals surface area contributed by atoms with E-state index in [4.69, 9.17) is 10.5 Å². The zero-order chi connectivity index (χ0) is 12.4. The van der Waals surface area contributed by atoms with Crippen LogP contribution in [0, 0.1) is 13.8 Å². The Morgan fingerprint density at radius 2 is 2.12 bits per heavy atom. The zero-order valence-corrected chi connectivity index (χ0v) is 11.1. The molecule has 17 heavy (non-hydrogen) atoms. The molecule has 1 saturated heterocycles. The highest BCUT2D eigenvalue weighted by Gasteiger charge is 2.28. The van der Waals surface area contributed by atoms with Crippen LogP contribution in [-0.4, -0.2) is 28.7 Å². The van der Waals surface area contributed by atoms with Crippen molar-refractivity contribution in [1.82, 2.24) is 0 Å². The fourth-order valence-electron chi connectivity index (χ4n) is 1.96. The molecule has 0 aliphatic carbocycles. The maximum atomic E-state index is 12.4. The van der Waals surface area contributed by atoms with E-state index >= 15 is 0 Å². The van der Waals surface area contributed by atoms with Gasteiger partial charge < -0.3 is 10.5 Å².